The molecule has 2 atom stereocenters. The SMILES string of the molecule is CCCCS(=O)(=O)[C@@H]1CCCC[C@@H]1OC(=O)CCN1CCCCC1. The van der Waals surface area contributed by atoms with Crippen LogP contribution in [0.25, 0.3) is 0 Å². The highest BCUT2D eigenvalue weighted by Gasteiger charge is 2.37. The fourth-order valence-electron chi connectivity index (χ4n) is 3.77. The number of likely N-dealkylation sites (tertiary alicyclic amines) is 1. The van der Waals surface area contributed by atoms with Gasteiger partial charge in [-0.05, 0) is 51.6 Å². The van der Waals surface area contributed by atoms with Crippen LogP contribution < -0.4 is 0 Å². The van der Waals surface area contributed by atoms with Gasteiger partial charge < -0.3 is 9.64 Å². The van der Waals surface area contributed by atoms with Crippen LogP contribution in [0.15, 0.2) is 0 Å². The highest BCUT2D eigenvalue weighted by Crippen LogP contribution is 2.28. The highest BCUT2D eigenvalue weighted by molar-refractivity contribution is 7.92. The summed E-state index contributed by atoms with van der Waals surface area (Å²) in [6.07, 6.45) is 8.36. The van der Waals surface area contributed by atoms with E-state index in [9.17, 15) is 13.2 Å². The quantitative estimate of drug-likeness (QED) is 0.624. The average Bonchev–Trinajstić information content (AvgIpc) is 2.59. The van der Waals surface area contributed by atoms with Crippen LogP contribution in [0.1, 0.15) is 71.1 Å². The standard InChI is InChI=1S/C18H33NO4S/c1-2-3-15-24(21,22)17-10-6-5-9-16(17)23-18(20)11-14-19-12-7-4-8-13-19/h16-17H,2-15H2,1H3/t16-,17+/m0/s1. The van der Waals surface area contributed by atoms with E-state index in [4.69, 9.17) is 4.74 Å². The van der Waals surface area contributed by atoms with Gasteiger partial charge in [0, 0.05) is 6.54 Å². The summed E-state index contributed by atoms with van der Waals surface area (Å²) in [7, 11) is -3.16. The van der Waals surface area contributed by atoms with E-state index in [1.807, 2.05) is 6.92 Å². The summed E-state index contributed by atoms with van der Waals surface area (Å²) in [6, 6.07) is 0. The molecular weight excluding hydrogens is 326 g/mol. The molecule has 1 heterocycles. The molecule has 6 heteroatoms. The molecule has 0 bridgehead atoms. The Morgan fingerprint density at radius 1 is 1.08 bits per heavy atom. The Balaban J connectivity index is 1.84. The van der Waals surface area contributed by atoms with Crippen LogP contribution in [0.3, 0.4) is 0 Å². The predicted molar refractivity (Wildman–Crippen MR) is 95.7 cm³/mol. The summed E-state index contributed by atoms with van der Waals surface area (Å²) in [4.78, 5) is 14.5. The number of carbonyl (C=O) groups is 1. The average molecular weight is 360 g/mol. The monoisotopic (exact) mass is 359 g/mol. The minimum atomic E-state index is -3.16. The molecule has 140 valence electrons. The van der Waals surface area contributed by atoms with E-state index in [0.717, 1.165) is 38.9 Å². The lowest BCUT2D eigenvalue weighted by atomic mass is 9.97. The van der Waals surface area contributed by atoms with E-state index >= 15 is 0 Å². The van der Waals surface area contributed by atoms with Gasteiger partial charge in [0.2, 0.25) is 0 Å². The Hall–Kier alpha value is -0.620. The lowest BCUT2D eigenvalue weighted by Crippen LogP contribution is -2.41. The molecule has 0 amide bonds. The van der Waals surface area contributed by atoms with Crippen LogP contribution in [-0.2, 0) is 19.4 Å². The van der Waals surface area contributed by atoms with Crippen molar-refractivity contribution in [2.45, 2.75) is 82.5 Å². The smallest absolute Gasteiger partial charge is 0.307 e. The van der Waals surface area contributed by atoms with Crippen LogP contribution >= 0.6 is 0 Å². The van der Waals surface area contributed by atoms with Crippen LogP contribution in [0.2, 0.25) is 0 Å². The molecule has 5 nitrogen and oxygen atoms in total. The molecule has 2 aliphatic rings. The van der Waals surface area contributed by atoms with E-state index in [0.29, 0.717) is 25.7 Å². The van der Waals surface area contributed by atoms with Gasteiger partial charge in [-0.1, -0.05) is 26.2 Å². The van der Waals surface area contributed by atoms with Crippen molar-refractivity contribution >= 4 is 15.8 Å². The number of nitrogens with zero attached hydrogens (tertiary/aromatic N) is 1. The number of esters is 1. The van der Waals surface area contributed by atoms with Crippen LogP contribution in [-0.4, -0.2) is 56.0 Å². The van der Waals surface area contributed by atoms with Gasteiger partial charge in [0.15, 0.2) is 9.84 Å². The first kappa shape index (κ1) is 19.7. The molecule has 24 heavy (non-hydrogen) atoms. The molecule has 1 aliphatic heterocycles. The van der Waals surface area contributed by atoms with Crippen molar-refractivity contribution in [1.29, 1.82) is 0 Å². The number of rotatable bonds is 8. The fraction of sp³-hybridized carbons (Fsp3) is 0.944. The van der Waals surface area contributed by atoms with Gasteiger partial charge in [0.25, 0.3) is 0 Å². The fourth-order valence-corrected chi connectivity index (χ4v) is 5.94. The number of carbonyl (C=O) groups excluding carboxylic acids is 1. The predicted octanol–water partition coefficient (Wildman–Crippen LogP) is 2.93. The van der Waals surface area contributed by atoms with Crippen molar-refractivity contribution in [3.8, 4) is 0 Å². The van der Waals surface area contributed by atoms with Crippen molar-refractivity contribution in [3.63, 3.8) is 0 Å². The summed E-state index contributed by atoms with van der Waals surface area (Å²) in [5, 5.41) is -0.489. The number of hydrogen-bond donors (Lipinski definition) is 0. The van der Waals surface area contributed by atoms with Gasteiger partial charge in [0.1, 0.15) is 6.10 Å². The van der Waals surface area contributed by atoms with Gasteiger partial charge >= 0.3 is 5.97 Å². The number of sulfone groups is 1. The summed E-state index contributed by atoms with van der Waals surface area (Å²) in [6.45, 7) is 4.85. The molecule has 2 fully saturated rings. The molecule has 0 aromatic carbocycles. The van der Waals surface area contributed by atoms with Crippen molar-refractivity contribution in [2.75, 3.05) is 25.4 Å². The van der Waals surface area contributed by atoms with E-state index < -0.39 is 21.2 Å². The van der Waals surface area contributed by atoms with E-state index in [1.54, 1.807) is 0 Å². The third-order valence-electron chi connectivity index (χ3n) is 5.25. The maximum atomic E-state index is 12.5. The van der Waals surface area contributed by atoms with Gasteiger partial charge in [-0.25, -0.2) is 8.42 Å². The minimum Gasteiger partial charge on any atom is -0.461 e. The van der Waals surface area contributed by atoms with Crippen LogP contribution in [0.4, 0.5) is 0 Å². The number of piperidine rings is 1. The summed E-state index contributed by atoms with van der Waals surface area (Å²) in [5.41, 5.74) is 0. The second-order valence-electron chi connectivity index (χ2n) is 7.22. The molecule has 1 saturated heterocycles. The molecule has 0 aromatic rings. The van der Waals surface area contributed by atoms with Crippen LogP contribution in [0.5, 0.6) is 0 Å². The maximum absolute atomic E-state index is 12.5. The molecule has 0 radical (unpaired) electrons. The summed E-state index contributed by atoms with van der Waals surface area (Å²) >= 11 is 0. The first-order valence-corrected chi connectivity index (χ1v) is 11.4. The Morgan fingerprint density at radius 3 is 2.50 bits per heavy atom. The maximum Gasteiger partial charge on any atom is 0.307 e. The largest absolute Gasteiger partial charge is 0.461 e. The Labute approximate surface area is 147 Å². The Kier molecular flexibility index (Phi) is 8.01. The van der Waals surface area contributed by atoms with E-state index in [1.165, 1.54) is 19.3 Å². The summed E-state index contributed by atoms with van der Waals surface area (Å²) in [5.74, 6) is -0.0149. The molecule has 0 spiro atoms. The molecule has 0 aromatic heterocycles. The third-order valence-corrected chi connectivity index (χ3v) is 7.57. The number of ether oxygens (including phenoxy) is 1. The molecule has 1 aliphatic carbocycles. The van der Waals surface area contributed by atoms with Crippen molar-refractivity contribution in [2.24, 2.45) is 0 Å². The van der Waals surface area contributed by atoms with Crippen molar-refractivity contribution in [1.82, 2.24) is 4.90 Å². The lowest BCUT2D eigenvalue weighted by Gasteiger charge is -2.31. The molecular formula is C18H33NO4S. The van der Waals surface area contributed by atoms with Gasteiger partial charge in [-0.2, -0.15) is 0 Å². The number of hydrogen-bond acceptors (Lipinski definition) is 5. The van der Waals surface area contributed by atoms with Gasteiger partial charge in [-0.3, -0.25) is 4.79 Å². The molecule has 0 unspecified atom stereocenters. The molecule has 1 saturated carbocycles. The van der Waals surface area contributed by atoms with Gasteiger partial charge in [0.05, 0.1) is 17.4 Å². The minimum absolute atomic E-state index is 0.218. The lowest BCUT2D eigenvalue weighted by molar-refractivity contribution is -0.150. The second-order valence-corrected chi connectivity index (χ2v) is 9.56. The Bertz CT molecular complexity index is 485. The first-order valence-electron chi connectivity index (χ1n) is 9.66. The summed E-state index contributed by atoms with van der Waals surface area (Å²) < 4.78 is 30.7. The van der Waals surface area contributed by atoms with E-state index in [-0.39, 0.29) is 11.7 Å². The molecule has 2 rings (SSSR count). The normalized spacial score (nSPS) is 26.2. The molecule has 0 N–H and O–H groups in total. The second kappa shape index (κ2) is 9.76. The van der Waals surface area contributed by atoms with E-state index in [2.05, 4.69) is 4.90 Å². The highest BCUT2D eigenvalue weighted by atomic mass is 32.2. The zero-order valence-electron chi connectivity index (χ0n) is 15.0. The van der Waals surface area contributed by atoms with Crippen LogP contribution in [0, 0.1) is 0 Å². The Morgan fingerprint density at radius 2 is 1.79 bits per heavy atom. The zero-order chi connectivity index (χ0) is 17.4. The topological polar surface area (TPSA) is 63.7 Å². The number of unbranched alkanes of at least 4 members (excludes halogenated alkanes) is 1. The van der Waals surface area contributed by atoms with Crippen molar-refractivity contribution in [3.05, 3.63) is 0 Å². The zero-order valence-corrected chi connectivity index (χ0v) is 15.9. The first-order chi connectivity index (χ1) is 11.5. The van der Waals surface area contributed by atoms with Gasteiger partial charge in [-0.15, -0.1) is 0 Å². The third kappa shape index (κ3) is 6.03. The van der Waals surface area contributed by atoms with Crippen molar-refractivity contribution < 1.29 is 17.9 Å².